The molecule has 0 aromatic heterocycles. The van der Waals surface area contributed by atoms with Gasteiger partial charge in [-0.15, -0.1) is 0 Å². The van der Waals surface area contributed by atoms with E-state index in [1.165, 1.54) is 0 Å². The molecule has 7 heteroatoms. The van der Waals surface area contributed by atoms with Crippen LogP contribution in [0.15, 0.2) is 0 Å². The highest BCUT2D eigenvalue weighted by atomic mass is 16.4. The van der Waals surface area contributed by atoms with Gasteiger partial charge in [-0.1, -0.05) is 19.8 Å². The topological polar surface area (TPSA) is 93.1 Å². The van der Waals surface area contributed by atoms with Crippen molar-refractivity contribution in [2.45, 2.75) is 88.9 Å². The highest BCUT2D eigenvalue weighted by molar-refractivity contribution is 5.75. The molecule has 27 heavy (non-hydrogen) atoms. The summed E-state index contributed by atoms with van der Waals surface area (Å²) in [6.07, 6.45) is 7.62. The summed E-state index contributed by atoms with van der Waals surface area (Å²) < 4.78 is 0. The number of carboxylic acids is 1. The van der Waals surface area contributed by atoms with Crippen LogP contribution in [0.1, 0.15) is 65.2 Å². The minimum atomic E-state index is -0.802. The summed E-state index contributed by atoms with van der Waals surface area (Å²) >= 11 is 0. The average Bonchev–Trinajstić information content (AvgIpc) is 3.04. The summed E-state index contributed by atoms with van der Waals surface area (Å²) in [5.74, 6) is -0.636. The molecule has 0 bridgehead atoms. The minimum absolute atomic E-state index is 0.0105. The molecule has 3 rings (SSSR count). The number of amides is 2. The molecule has 0 aromatic carbocycles. The number of aliphatic hydroxyl groups is 1. The van der Waals surface area contributed by atoms with Crippen molar-refractivity contribution in [1.82, 2.24) is 15.1 Å². The van der Waals surface area contributed by atoms with Crippen molar-refractivity contribution in [2.24, 2.45) is 5.92 Å². The Hall–Kier alpha value is -1.34. The van der Waals surface area contributed by atoms with Crippen LogP contribution in [0, 0.1) is 5.92 Å². The van der Waals surface area contributed by atoms with Crippen molar-refractivity contribution < 1.29 is 19.8 Å². The number of carbonyl (C=O) groups is 2. The first-order valence-electron chi connectivity index (χ1n) is 10.6. The molecule has 3 unspecified atom stereocenters. The first-order chi connectivity index (χ1) is 12.8. The molecule has 2 saturated carbocycles. The number of nitrogens with one attached hydrogen (secondary N) is 1. The molecular formula is C20H35N3O4. The number of nitrogens with zero attached hydrogens (tertiary/aromatic N) is 2. The Morgan fingerprint density at radius 3 is 2.59 bits per heavy atom. The number of rotatable bonds is 6. The van der Waals surface area contributed by atoms with E-state index in [4.69, 9.17) is 5.11 Å². The maximum absolute atomic E-state index is 12.9. The normalized spacial score (nSPS) is 36.5. The van der Waals surface area contributed by atoms with Crippen molar-refractivity contribution in [3.63, 3.8) is 0 Å². The van der Waals surface area contributed by atoms with Gasteiger partial charge in [-0.3, -0.25) is 9.69 Å². The molecule has 1 aliphatic heterocycles. The average molecular weight is 382 g/mol. The standard InChI is InChI=1S/C20H35N3O4/c1-3-22(13-18(24)25)15-11-14(12-15)21-19(26)23-10-6-8-17(23)16-7-4-5-9-20(16,2)27/h14-17,27H,3-13H2,1-2H3,(H,21,26)(H,24,25). The van der Waals surface area contributed by atoms with Gasteiger partial charge in [0.2, 0.25) is 0 Å². The molecule has 0 radical (unpaired) electrons. The number of hydrogen-bond donors (Lipinski definition) is 3. The van der Waals surface area contributed by atoms with Gasteiger partial charge in [0.25, 0.3) is 0 Å². The summed E-state index contributed by atoms with van der Waals surface area (Å²) in [5, 5.41) is 23.0. The number of likely N-dealkylation sites (N-methyl/N-ethyl adjacent to an activating group) is 1. The van der Waals surface area contributed by atoms with Crippen LogP contribution < -0.4 is 5.32 Å². The number of carbonyl (C=O) groups excluding carboxylic acids is 1. The molecule has 2 aliphatic carbocycles. The predicted molar refractivity (Wildman–Crippen MR) is 103 cm³/mol. The Bertz CT molecular complexity index is 547. The first kappa shape index (κ1) is 20.4. The first-order valence-corrected chi connectivity index (χ1v) is 10.6. The molecule has 3 aliphatic rings. The van der Waals surface area contributed by atoms with Gasteiger partial charge in [0.1, 0.15) is 0 Å². The lowest BCUT2D eigenvalue weighted by Gasteiger charge is -2.45. The summed E-state index contributed by atoms with van der Waals surface area (Å²) in [6.45, 7) is 5.44. The summed E-state index contributed by atoms with van der Waals surface area (Å²) in [7, 11) is 0. The molecular weight excluding hydrogens is 346 g/mol. The van der Waals surface area contributed by atoms with Crippen molar-refractivity contribution in [3.05, 3.63) is 0 Å². The quantitative estimate of drug-likeness (QED) is 0.655. The Morgan fingerprint density at radius 2 is 1.96 bits per heavy atom. The molecule has 2 amide bonds. The fourth-order valence-electron chi connectivity index (χ4n) is 5.35. The second kappa shape index (κ2) is 8.35. The van der Waals surface area contributed by atoms with Crippen molar-refractivity contribution >= 4 is 12.0 Å². The molecule has 1 heterocycles. The zero-order valence-corrected chi connectivity index (χ0v) is 16.7. The van der Waals surface area contributed by atoms with Gasteiger partial charge in [-0.25, -0.2) is 4.79 Å². The summed E-state index contributed by atoms with van der Waals surface area (Å²) in [5.41, 5.74) is -0.675. The smallest absolute Gasteiger partial charge is 0.317 e. The van der Waals surface area contributed by atoms with Gasteiger partial charge in [-0.05, 0) is 52.0 Å². The van der Waals surface area contributed by atoms with E-state index in [0.717, 1.165) is 57.9 Å². The van der Waals surface area contributed by atoms with E-state index in [0.29, 0.717) is 6.54 Å². The third-order valence-corrected chi connectivity index (χ3v) is 6.97. The highest BCUT2D eigenvalue weighted by Gasteiger charge is 2.45. The van der Waals surface area contributed by atoms with E-state index < -0.39 is 11.6 Å². The van der Waals surface area contributed by atoms with Gasteiger partial charge in [0.15, 0.2) is 0 Å². The number of carboxylic acid groups (broad SMARTS) is 1. The van der Waals surface area contributed by atoms with Crippen LogP contribution in [0.25, 0.3) is 0 Å². The van der Waals surface area contributed by atoms with E-state index in [9.17, 15) is 14.7 Å². The van der Waals surface area contributed by atoms with E-state index in [-0.39, 0.29) is 36.6 Å². The largest absolute Gasteiger partial charge is 0.480 e. The van der Waals surface area contributed by atoms with Crippen LogP contribution in [-0.2, 0) is 4.79 Å². The highest BCUT2D eigenvalue weighted by Crippen LogP contribution is 2.40. The molecule has 7 nitrogen and oxygen atoms in total. The number of likely N-dealkylation sites (tertiary alicyclic amines) is 1. The molecule has 0 spiro atoms. The molecule has 1 saturated heterocycles. The summed E-state index contributed by atoms with van der Waals surface area (Å²) in [4.78, 5) is 27.7. The van der Waals surface area contributed by atoms with Gasteiger partial charge in [0.05, 0.1) is 12.1 Å². The van der Waals surface area contributed by atoms with Crippen LogP contribution in [0.2, 0.25) is 0 Å². The van der Waals surface area contributed by atoms with Gasteiger partial charge < -0.3 is 20.4 Å². The number of urea groups is 1. The van der Waals surface area contributed by atoms with Crippen LogP contribution in [-0.4, -0.2) is 75.4 Å². The van der Waals surface area contributed by atoms with Crippen LogP contribution in [0.5, 0.6) is 0 Å². The minimum Gasteiger partial charge on any atom is -0.480 e. The maximum atomic E-state index is 12.9. The number of hydrogen-bond acceptors (Lipinski definition) is 4. The predicted octanol–water partition coefficient (Wildman–Crippen LogP) is 2.04. The summed E-state index contributed by atoms with van der Waals surface area (Å²) in [6, 6.07) is 0.488. The van der Waals surface area contributed by atoms with Gasteiger partial charge in [0, 0.05) is 30.6 Å². The second-order valence-corrected chi connectivity index (χ2v) is 8.84. The Labute approximate surface area is 162 Å². The third kappa shape index (κ3) is 4.57. The lowest BCUT2D eigenvalue weighted by atomic mass is 9.72. The third-order valence-electron chi connectivity index (χ3n) is 6.97. The molecule has 3 atom stereocenters. The van der Waals surface area contributed by atoms with Gasteiger partial charge >= 0.3 is 12.0 Å². The van der Waals surface area contributed by atoms with E-state index in [2.05, 4.69) is 5.32 Å². The van der Waals surface area contributed by atoms with Crippen LogP contribution in [0.4, 0.5) is 4.79 Å². The Morgan fingerprint density at radius 1 is 1.22 bits per heavy atom. The van der Waals surface area contributed by atoms with Crippen molar-refractivity contribution in [2.75, 3.05) is 19.6 Å². The zero-order chi connectivity index (χ0) is 19.6. The lowest BCUT2D eigenvalue weighted by molar-refractivity contribution is -0.139. The number of aliphatic carboxylic acids is 1. The van der Waals surface area contributed by atoms with Crippen molar-refractivity contribution in [1.29, 1.82) is 0 Å². The van der Waals surface area contributed by atoms with E-state index in [1.54, 1.807) is 0 Å². The van der Waals surface area contributed by atoms with E-state index >= 15 is 0 Å². The molecule has 154 valence electrons. The van der Waals surface area contributed by atoms with Gasteiger partial charge in [-0.2, -0.15) is 0 Å². The molecule has 0 aromatic rings. The maximum Gasteiger partial charge on any atom is 0.317 e. The van der Waals surface area contributed by atoms with Crippen molar-refractivity contribution in [3.8, 4) is 0 Å². The Kier molecular flexibility index (Phi) is 6.31. The Balaban J connectivity index is 1.52. The molecule has 3 N–H and O–H groups in total. The monoisotopic (exact) mass is 381 g/mol. The van der Waals surface area contributed by atoms with E-state index in [1.807, 2.05) is 23.6 Å². The SMILES string of the molecule is CCN(CC(=O)O)C1CC(NC(=O)N2CCCC2C2CCCCC2(C)O)C1. The lowest BCUT2D eigenvalue weighted by Crippen LogP contribution is -2.58. The van der Waals surface area contributed by atoms with Crippen LogP contribution >= 0.6 is 0 Å². The molecule has 3 fully saturated rings. The fourth-order valence-corrected chi connectivity index (χ4v) is 5.35. The second-order valence-electron chi connectivity index (χ2n) is 8.84. The van der Waals surface area contributed by atoms with Crippen LogP contribution in [0.3, 0.4) is 0 Å². The fraction of sp³-hybridized carbons (Fsp3) is 0.900. The zero-order valence-electron chi connectivity index (χ0n) is 16.7.